The summed E-state index contributed by atoms with van der Waals surface area (Å²) in [4.78, 5) is 4.53. The van der Waals surface area contributed by atoms with Gasteiger partial charge in [-0.05, 0) is 25.0 Å². The first-order valence-electron chi connectivity index (χ1n) is 7.06. The fourth-order valence-corrected chi connectivity index (χ4v) is 5.42. The number of para-hydroxylation sites is 1. The molecule has 2 heterocycles. The molecule has 1 aliphatic rings. The van der Waals surface area contributed by atoms with Gasteiger partial charge in [-0.1, -0.05) is 24.2 Å². The van der Waals surface area contributed by atoms with Crippen molar-refractivity contribution >= 4 is 23.5 Å². The summed E-state index contributed by atoms with van der Waals surface area (Å²) < 4.78 is 5.39. The van der Waals surface area contributed by atoms with Crippen LogP contribution in [0, 0.1) is 6.92 Å². The van der Waals surface area contributed by atoms with Crippen LogP contribution in [0.2, 0.25) is 0 Å². The largest absolute Gasteiger partial charge is 0.507 e. The van der Waals surface area contributed by atoms with Crippen LogP contribution in [-0.4, -0.2) is 32.0 Å². The first-order valence-corrected chi connectivity index (χ1v) is 9.16. The van der Waals surface area contributed by atoms with Crippen molar-refractivity contribution in [1.82, 2.24) is 10.1 Å². The molecule has 1 fully saturated rings. The Hall–Kier alpha value is -1.14. The van der Waals surface area contributed by atoms with E-state index in [4.69, 9.17) is 4.52 Å². The number of aryl methyl sites for hydroxylation is 1. The van der Waals surface area contributed by atoms with Gasteiger partial charge in [-0.25, -0.2) is 0 Å². The minimum atomic E-state index is 0.213. The number of hydrogen-bond acceptors (Lipinski definition) is 6. The van der Waals surface area contributed by atoms with Crippen LogP contribution < -0.4 is 0 Å². The lowest BCUT2D eigenvalue weighted by molar-refractivity contribution is 0.416. The van der Waals surface area contributed by atoms with Crippen LogP contribution in [-0.2, 0) is 0 Å². The average molecular weight is 322 g/mol. The van der Waals surface area contributed by atoms with Gasteiger partial charge in [0.2, 0.25) is 0 Å². The number of nitrogens with zero attached hydrogens (tertiary/aromatic N) is 2. The molecule has 3 rings (SSSR count). The Morgan fingerprint density at radius 1 is 1.33 bits per heavy atom. The van der Waals surface area contributed by atoms with Gasteiger partial charge in [0.05, 0.1) is 10.8 Å². The molecule has 0 aliphatic carbocycles. The SMILES string of the molecule is CCC1SCCSC1c1noc(-c2cccc(C)c2O)n1. The molecule has 1 aliphatic heterocycles. The summed E-state index contributed by atoms with van der Waals surface area (Å²) in [6.45, 7) is 4.06. The number of benzene rings is 1. The van der Waals surface area contributed by atoms with Crippen molar-refractivity contribution in [2.75, 3.05) is 11.5 Å². The van der Waals surface area contributed by atoms with Crippen molar-refractivity contribution in [2.45, 2.75) is 30.8 Å². The highest BCUT2D eigenvalue weighted by Gasteiger charge is 2.30. The van der Waals surface area contributed by atoms with Crippen molar-refractivity contribution < 1.29 is 9.63 Å². The summed E-state index contributed by atoms with van der Waals surface area (Å²) in [6.07, 6.45) is 1.10. The van der Waals surface area contributed by atoms with Crippen molar-refractivity contribution in [3.63, 3.8) is 0 Å². The van der Waals surface area contributed by atoms with Crippen molar-refractivity contribution in [1.29, 1.82) is 0 Å². The zero-order valence-corrected chi connectivity index (χ0v) is 13.7. The molecule has 0 bridgehead atoms. The molecule has 6 heteroatoms. The zero-order chi connectivity index (χ0) is 14.8. The fraction of sp³-hybridized carbons (Fsp3) is 0.467. The van der Waals surface area contributed by atoms with Gasteiger partial charge in [0, 0.05) is 16.8 Å². The van der Waals surface area contributed by atoms with Crippen molar-refractivity contribution in [3.8, 4) is 17.2 Å². The molecule has 2 unspecified atom stereocenters. The van der Waals surface area contributed by atoms with Gasteiger partial charge in [0.1, 0.15) is 5.75 Å². The van der Waals surface area contributed by atoms with Crippen LogP contribution in [0.25, 0.3) is 11.5 Å². The smallest absolute Gasteiger partial charge is 0.261 e. The van der Waals surface area contributed by atoms with E-state index in [9.17, 15) is 5.11 Å². The molecule has 1 N–H and O–H groups in total. The number of aromatic hydroxyl groups is 1. The quantitative estimate of drug-likeness (QED) is 0.920. The Morgan fingerprint density at radius 3 is 2.95 bits per heavy atom. The molecule has 2 atom stereocenters. The number of phenolic OH excluding ortho intramolecular Hbond substituents is 1. The normalized spacial score (nSPS) is 22.4. The van der Waals surface area contributed by atoms with E-state index < -0.39 is 0 Å². The second-order valence-corrected chi connectivity index (χ2v) is 7.63. The minimum absolute atomic E-state index is 0.213. The lowest BCUT2D eigenvalue weighted by Gasteiger charge is -2.27. The number of thioether (sulfide) groups is 2. The third-order valence-electron chi connectivity index (χ3n) is 3.62. The number of rotatable bonds is 3. The predicted molar refractivity (Wildman–Crippen MR) is 87.9 cm³/mol. The fourth-order valence-electron chi connectivity index (χ4n) is 2.43. The summed E-state index contributed by atoms with van der Waals surface area (Å²) in [7, 11) is 0. The molecule has 0 spiro atoms. The van der Waals surface area contributed by atoms with Crippen LogP contribution in [0.4, 0.5) is 0 Å². The number of aromatic nitrogens is 2. The molecule has 112 valence electrons. The van der Waals surface area contributed by atoms with Gasteiger partial charge < -0.3 is 9.63 Å². The van der Waals surface area contributed by atoms with E-state index in [-0.39, 0.29) is 11.0 Å². The zero-order valence-electron chi connectivity index (χ0n) is 12.1. The Bertz CT molecular complexity index is 630. The molecule has 0 amide bonds. The van der Waals surface area contributed by atoms with E-state index in [0.717, 1.165) is 23.6 Å². The second kappa shape index (κ2) is 6.32. The second-order valence-electron chi connectivity index (χ2n) is 5.04. The highest BCUT2D eigenvalue weighted by molar-refractivity contribution is 8.06. The average Bonchev–Trinajstić information content (AvgIpc) is 2.99. The van der Waals surface area contributed by atoms with E-state index >= 15 is 0 Å². The minimum Gasteiger partial charge on any atom is -0.507 e. The van der Waals surface area contributed by atoms with Gasteiger partial charge in [-0.2, -0.15) is 16.7 Å². The maximum absolute atomic E-state index is 10.1. The lowest BCUT2D eigenvalue weighted by Crippen LogP contribution is -2.19. The van der Waals surface area contributed by atoms with Crippen LogP contribution in [0.1, 0.15) is 30.0 Å². The molecule has 4 nitrogen and oxygen atoms in total. The summed E-state index contributed by atoms with van der Waals surface area (Å²) >= 11 is 3.88. The molecule has 0 saturated carbocycles. The van der Waals surface area contributed by atoms with Gasteiger partial charge in [-0.15, -0.1) is 11.8 Å². The highest BCUT2D eigenvalue weighted by Crippen LogP contribution is 2.43. The topological polar surface area (TPSA) is 59.2 Å². The number of phenols is 1. The molecular weight excluding hydrogens is 304 g/mol. The third-order valence-corrected chi connectivity index (χ3v) is 6.86. The highest BCUT2D eigenvalue weighted by atomic mass is 32.2. The molecule has 1 aromatic heterocycles. The summed E-state index contributed by atoms with van der Waals surface area (Å²) in [5.74, 6) is 3.66. The molecule has 1 saturated heterocycles. The summed E-state index contributed by atoms with van der Waals surface area (Å²) in [5, 5.41) is 15.1. The first-order chi connectivity index (χ1) is 10.2. The Balaban J connectivity index is 1.91. The van der Waals surface area contributed by atoms with Gasteiger partial charge >= 0.3 is 0 Å². The van der Waals surface area contributed by atoms with E-state index in [0.29, 0.717) is 16.7 Å². The summed E-state index contributed by atoms with van der Waals surface area (Å²) in [5.41, 5.74) is 1.41. The summed E-state index contributed by atoms with van der Waals surface area (Å²) in [6, 6.07) is 5.55. The van der Waals surface area contributed by atoms with Gasteiger partial charge in [0.25, 0.3) is 5.89 Å². The Kier molecular flexibility index (Phi) is 4.45. The predicted octanol–water partition coefficient (Wildman–Crippen LogP) is 4.05. The third kappa shape index (κ3) is 2.92. The van der Waals surface area contributed by atoms with E-state index in [2.05, 4.69) is 17.1 Å². The molecular formula is C15H18N2O2S2. The first kappa shape index (κ1) is 14.8. The van der Waals surface area contributed by atoms with Crippen LogP contribution >= 0.6 is 23.5 Å². The standard InChI is InChI=1S/C15H18N2O2S2/c1-3-11-13(21-8-7-20-11)14-16-15(19-17-14)10-6-4-5-9(2)12(10)18/h4-6,11,13,18H,3,7-8H2,1-2H3. The maximum atomic E-state index is 10.1. The molecule has 0 radical (unpaired) electrons. The van der Waals surface area contributed by atoms with Crippen molar-refractivity contribution in [3.05, 3.63) is 29.6 Å². The van der Waals surface area contributed by atoms with Crippen LogP contribution in [0.3, 0.4) is 0 Å². The molecule has 2 aromatic rings. The lowest BCUT2D eigenvalue weighted by atomic mass is 10.1. The van der Waals surface area contributed by atoms with Gasteiger partial charge in [0.15, 0.2) is 5.82 Å². The van der Waals surface area contributed by atoms with Crippen LogP contribution in [0.15, 0.2) is 22.7 Å². The van der Waals surface area contributed by atoms with Crippen molar-refractivity contribution in [2.24, 2.45) is 0 Å². The van der Waals surface area contributed by atoms with E-state index in [1.165, 1.54) is 5.75 Å². The Morgan fingerprint density at radius 2 is 2.14 bits per heavy atom. The molecule has 1 aromatic carbocycles. The molecule has 21 heavy (non-hydrogen) atoms. The van der Waals surface area contributed by atoms with E-state index in [1.807, 2.05) is 42.6 Å². The maximum Gasteiger partial charge on any atom is 0.261 e. The Labute approximate surface area is 132 Å². The monoisotopic (exact) mass is 322 g/mol. The van der Waals surface area contributed by atoms with Crippen LogP contribution in [0.5, 0.6) is 5.75 Å². The number of hydrogen-bond donors (Lipinski definition) is 1. The van der Waals surface area contributed by atoms with Gasteiger partial charge in [-0.3, -0.25) is 0 Å². The van der Waals surface area contributed by atoms with E-state index in [1.54, 1.807) is 6.07 Å².